The maximum absolute atomic E-state index is 5.97. The van der Waals surface area contributed by atoms with Crippen molar-refractivity contribution in [1.82, 2.24) is 5.32 Å². The second kappa shape index (κ2) is 6.41. The number of ether oxygens (including phenoxy) is 1. The molecule has 104 valence electrons. The van der Waals surface area contributed by atoms with E-state index >= 15 is 0 Å². The van der Waals surface area contributed by atoms with Crippen molar-refractivity contribution in [3.8, 4) is 0 Å². The van der Waals surface area contributed by atoms with Gasteiger partial charge in [0.15, 0.2) is 5.96 Å². The van der Waals surface area contributed by atoms with Crippen LogP contribution in [-0.2, 0) is 4.74 Å². The number of rotatable bonds is 4. The SMILES string of the molecule is COC1(CN=C(N)NC2CCCC2)CCCCC1. The van der Waals surface area contributed by atoms with Crippen LogP contribution in [0.1, 0.15) is 57.8 Å². The largest absolute Gasteiger partial charge is 0.376 e. The van der Waals surface area contributed by atoms with Crippen molar-refractivity contribution in [2.45, 2.75) is 69.4 Å². The molecule has 0 aliphatic heterocycles. The molecule has 0 saturated heterocycles. The summed E-state index contributed by atoms with van der Waals surface area (Å²) in [5, 5.41) is 3.33. The highest BCUT2D eigenvalue weighted by atomic mass is 16.5. The molecular weight excluding hydrogens is 226 g/mol. The fourth-order valence-corrected chi connectivity index (χ4v) is 3.18. The molecule has 0 amide bonds. The lowest BCUT2D eigenvalue weighted by Crippen LogP contribution is -2.42. The molecule has 0 bridgehead atoms. The lowest BCUT2D eigenvalue weighted by atomic mass is 9.85. The highest BCUT2D eigenvalue weighted by Gasteiger charge is 2.31. The van der Waals surface area contributed by atoms with Gasteiger partial charge in [-0.3, -0.25) is 4.99 Å². The molecule has 2 fully saturated rings. The van der Waals surface area contributed by atoms with E-state index in [0.717, 1.165) is 12.8 Å². The Balaban J connectivity index is 1.83. The smallest absolute Gasteiger partial charge is 0.188 e. The number of nitrogens with one attached hydrogen (secondary N) is 1. The third-order valence-corrected chi connectivity index (χ3v) is 4.44. The first-order valence-corrected chi connectivity index (χ1v) is 7.36. The minimum atomic E-state index is -0.0553. The lowest BCUT2D eigenvalue weighted by Gasteiger charge is -2.34. The average Bonchev–Trinajstić information content (AvgIpc) is 2.90. The summed E-state index contributed by atoms with van der Waals surface area (Å²) in [6.45, 7) is 0.703. The molecule has 2 aliphatic rings. The summed E-state index contributed by atoms with van der Waals surface area (Å²) in [5.41, 5.74) is 5.91. The van der Waals surface area contributed by atoms with Crippen LogP contribution in [0, 0.1) is 0 Å². The summed E-state index contributed by atoms with van der Waals surface area (Å²) in [5.74, 6) is 0.601. The second-order valence-electron chi connectivity index (χ2n) is 5.77. The molecule has 0 radical (unpaired) electrons. The Labute approximate surface area is 110 Å². The van der Waals surface area contributed by atoms with Crippen LogP contribution in [0.2, 0.25) is 0 Å². The predicted octanol–water partition coefficient (Wildman–Crippen LogP) is 2.18. The van der Waals surface area contributed by atoms with Crippen molar-refractivity contribution in [2.75, 3.05) is 13.7 Å². The summed E-state index contributed by atoms with van der Waals surface area (Å²) in [6.07, 6.45) is 11.1. The van der Waals surface area contributed by atoms with Crippen LogP contribution in [0.25, 0.3) is 0 Å². The summed E-state index contributed by atoms with van der Waals surface area (Å²) < 4.78 is 5.71. The Hall–Kier alpha value is -0.770. The van der Waals surface area contributed by atoms with Gasteiger partial charge in [0.1, 0.15) is 0 Å². The molecule has 4 heteroatoms. The zero-order valence-corrected chi connectivity index (χ0v) is 11.6. The van der Waals surface area contributed by atoms with E-state index in [1.165, 1.54) is 44.9 Å². The van der Waals surface area contributed by atoms with E-state index in [4.69, 9.17) is 10.5 Å². The fourth-order valence-electron chi connectivity index (χ4n) is 3.18. The first-order chi connectivity index (χ1) is 8.74. The lowest BCUT2D eigenvalue weighted by molar-refractivity contribution is -0.0308. The number of hydrogen-bond acceptors (Lipinski definition) is 2. The van der Waals surface area contributed by atoms with Gasteiger partial charge in [-0.1, -0.05) is 32.1 Å². The Morgan fingerprint density at radius 2 is 1.89 bits per heavy atom. The molecule has 0 unspecified atom stereocenters. The minimum Gasteiger partial charge on any atom is -0.376 e. The van der Waals surface area contributed by atoms with Gasteiger partial charge in [-0.2, -0.15) is 0 Å². The molecule has 2 aliphatic carbocycles. The van der Waals surface area contributed by atoms with Gasteiger partial charge in [0.25, 0.3) is 0 Å². The summed E-state index contributed by atoms with van der Waals surface area (Å²) in [4.78, 5) is 4.51. The monoisotopic (exact) mass is 253 g/mol. The molecule has 2 rings (SSSR count). The molecule has 4 nitrogen and oxygen atoms in total. The summed E-state index contributed by atoms with van der Waals surface area (Å²) in [6, 6.07) is 0.540. The topological polar surface area (TPSA) is 59.6 Å². The van der Waals surface area contributed by atoms with Crippen molar-refractivity contribution >= 4 is 5.96 Å². The van der Waals surface area contributed by atoms with Crippen molar-refractivity contribution < 1.29 is 4.74 Å². The molecule has 0 spiro atoms. The van der Waals surface area contributed by atoms with E-state index in [9.17, 15) is 0 Å². The van der Waals surface area contributed by atoms with Gasteiger partial charge in [-0.05, 0) is 25.7 Å². The number of hydrogen-bond donors (Lipinski definition) is 2. The maximum atomic E-state index is 5.97. The Morgan fingerprint density at radius 1 is 1.22 bits per heavy atom. The zero-order chi connectivity index (χ0) is 12.8. The van der Waals surface area contributed by atoms with Gasteiger partial charge < -0.3 is 15.8 Å². The van der Waals surface area contributed by atoms with E-state index in [1.807, 2.05) is 0 Å². The molecular formula is C14H27N3O. The van der Waals surface area contributed by atoms with E-state index in [2.05, 4.69) is 10.3 Å². The number of guanidine groups is 1. The van der Waals surface area contributed by atoms with Gasteiger partial charge >= 0.3 is 0 Å². The van der Waals surface area contributed by atoms with Crippen LogP contribution in [0.15, 0.2) is 4.99 Å². The molecule has 2 saturated carbocycles. The molecule has 18 heavy (non-hydrogen) atoms. The van der Waals surface area contributed by atoms with Crippen LogP contribution in [0.4, 0.5) is 0 Å². The fraction of sp³-hybridized carbons (Fsp3) is 0.929. The average molecular weight is 253 g/mol. The van der Waals surface area contributed by atoms with Crippen LogP contribution in [0.3, 0.4) is 0 Å². The molecule has 0 atom stereocenters. The Bertz CT molecular complexity index is 279. The van der Waals surface area contributed by atoms with Gasteiger partial charge in [0, 0.05) is 13.2 Å². The molecule has 0 aromatic rings. The van der Waals surface area contributed by atoms with Gasteiger partial charge in [0.05, 0.1) is 12.1 Å². The second-order valence-corrected chi connectivity index (χ2v) is 5.77. The van der Waals surface area contributed by atoms with Crippen molar-refractivity contribution in [3.63, 3.8) is 0 Å². The summed E-state index contributed by atoms with van der Waals surface area (Å²) in [7, 11) is 1.81. The zero-order valence-electron chi connectivity index (χ0n) is 11.6. The first-order valence-electron chi connectivity index (χ1n) is 7.36. The van der Waals surface area contributed by atoms with Crippen molar-refractivity contribution in [1.29, 1.82) is 0 Å². The van der Waals surface area contributed by atoms with Gasteiger partial charge in [-0.15, -0.1) is 0 Å². The van der Waals surface area contributed by atoms with E-state index in [1.54, 1.807) is 7.11 Å². The maximum Gasteiger partial charge on any atom is 0.188 e. The Morgan fingerprint density at radius 3 is 2.50 bits per heavy atom. The van der Waals surface area contributed by atoms with Crippen molar-refractivity contribution in [2.24, 2.45) is 10.7 Å². The Kier molecular flexibility index (Phi) is 4.87. The van der Waals surface area contributed by atoms with Crippen molar-refractivity contribution in [3.05, 3.63) is 0 Å². The van der Waals surface area contributed by atoms with Crippen LogP contribution in [0.5, 0.6) is 0 Å². The molecule has 0 aromatic heterocycles. The van der Waals surface area contributed by atoms with Gasteiger partial charge in [-0.25, -0.2) is 0 Å². The minimum absolute atomic E-state index is 0.0553. The quantitative estimate of drug-likeness (QED) is 0.596. The number of nitrogens with zero attached hydrogens (tertiary/aromatic N) is 1. The third kappa shape index (κ3) is 3.61. The summed E-state index contributed by atoms with van der Waals surface area (Å²) >= 11 is 0. The van der Waals surface area contributed by atoms with Crippen LogP contribution < -0.4 is 11.1 Å². The number of nitrogens with two attached hydrogens (primary N) is 1. The van der Waals surface area contributed by atoms with Crippen LogP contribution in [-0.4, -0.2) is 31.3 Å². The standard InChI is InChI=1S/C14H27N3O/c1-18-14(9-5-2-6-10-14)11-16-13(15)17-12-7-3-4-8-12/h12H,2-11H2,1H3,(H3,15,16,17). The van der Waals surface area contributed by atoms with E-state index < -0.39 is 0 Å². The molecule has 0 heterocycles. The normalized spacial score (nSPS) is 25.3. The number of aliphatic imine (C=N–C) groups is 1. The molecule has 3 N–H and O–H groups in total. The number of methoxy groups -OCH3 is 1. The first kappa shape index (κ1) is 13.7. The van der Waals surface area contributed by atoms with E-state index in [0.29, 0.717) is 18.5 Å². The molecule has 0 aromatic carbocycles. The van der Waals surface area contributed by atoms with E-state index in [-0.39, 0.29) is 5.60 Å². The predicted molar refractivity (Wildman–Crippen MR) is 74.7 cm³/mol. The highest BCUT2D eigenvalue weighted by Crippen LogP contribution is 2.31. The third-order valence-electron chi connectivity index (χ3n) is 4.44. The highest BCUT2D eigenvalue weighted by molar-refractivity contribution is 5.78. The van der Waals surface area contributed by atoms with Crippen LogP contribution >= 0.6 is 0 Å². The van der Waals surface area contributed by atoms with Gasteiger partial charge in [0.2, 0.25) is 0 Å².